The molecular weight excluding hydrogens is 408 g/mol. The number of rotatable bonds is 4. The molecule has 4 aromatic rings. The van der Waals surface area contributed by atoms with Crippen LogP contribution in [0.15, 0.2) is 48.7 Å². The highest BCUT2D eigenvalue weighted by atomic mass is 32.1. The molecule has 1 unspecified atom stereocenters. The van der Waals surface area contributed by atoms with E-state index < -0.39 is 0 Å². The predicted molar refractivity (Wildman–Crippen MR) is 126 cm³/mol. The lowest BCUT2D eigenvalue weighted by atomic mass is 9.96. The van der Waals surface area contributed by atoms with Crippen molar-refractivity contribution >= 4 is 49.2 Å². The summed E-state index contributed by atoms with van der Waals surface area (Å²) in [6, 6.07) is 14.0. The van der Waals surface area contributed by atoms with E-state index in [1.165, 1.54) is 11.3 Å². The molecule has 0 saturated carbocycles. The third-order valence-corrected chi connectivity index (χ3v) is 6.85. The maximum atomic E-state index is 13.1. The summed E-state index contributed by atoms with van der Waals surface area (Å²) < 4.78 is 6.50. The van der Waals surface area contributed by atoms with E-state index in [0.29, 0.717) is 11.7 Å². The number of para-hydroxylation sites is 1. The third kappa shape index (κ3) is 3.81. The minimum absolute atomic E-state index is 0.0392. The number of carbonyl (C=O) groups excluding carboxylic acids is 1. The number of piperidine rings is 1. The standard InChI is InChI=1S/C24H24N4O2S/c1-15-5-3-7-21-22(15)26-24(31-21)27-23(29)16-6-4-12-28(14-16)20-10-11-25-19-9-8-17(30-2)13-18(19)20/h3,5,7-11,13,16H,4,6,12,14H2,1-2H3,(H,26,27,29). The van der Waals surface area contributed by atoms with Gasteiger partial charge in [0.05, 0.1) is 28.8 Å². The number of methoxy groups -OCH3 is 1. The number of ether oxygens (including phenoxy) is 1. The van der Waals surface area contributed by atoms with Crippen molar-refractivity contribution in [2.75, 3.05) is 30.4 Å². The van der Waals surface area contributed by atoms with Gasteiger partial charge in [0.25, 0.3) is 0 Å². The van der Waals surface area contributed by atoms with Crippen molar-refractivity contribution in [2.45, 2.75) is 19.8 Å². The van der Waals surface area contributed by atoms with Gasteiger partial charge in [-0.25, -0.2) is 4.98 Å². The molecule has 0 radical (unpaired) electrons. The van der Waals surface area contributed by atoms with Crippen LogP contribution in [0.1, 0.15) is 18.4 Å². The topological polar surface area (TPSA) is 67.3 Å². The zero-order chi connectivity index (χ0) is 21.4. The van der Waals surface area contributed by atoms with Gasteiger partial charge in [0.15, 0.2) is 5.13 Å². The van der Waals surface area contributed by atoms with E-state index in [4.69, 9.17) is 4.74 Å². The minimum Gasteiger partial charge on any atom is -0.497 e. The first-order chi connectivity index (χ1) is 15.1. The average molecular weight is 433 g/mol. The largest absolute Gasteiger partial charge is 0.497 e. The Bertz CT molecular complexity index is 1270. The summed E-state index contributed by atoms with van der Waals surface area (Å²) in [6.45, 7) is 3.63. The number of pyridine rings is 1. The summed E-state index contributed by atoms with van der Waals surface area (Å²) in [7, 11) is 1.67. The fraction of sp³-hybridized carbons (Fsp3) is 0.292. The van der Waals surface area contributed by atoms with E-state index in [2.05, 4.69) is 20.2 Å². The van der Waals surface area contributed by atoms with Gasteiger partial charge in [-0.05, 0) is 55.7 Å². The van der Waals surface area contributed by atoms with Crippen LogP contribution in [0, 0.1) is 12.8 Å². The fourth-order valence-electron chi connectivity index (χ4n) is 4.27. The Labute approximate surface area is 184 Å². The highest BCUT2D eigenvalue weighted by molar-refractivity contribution is 7.22. The number of benzene rings is 2. The number of hydrogen-bond acceptors (Lipinski definition) is 6. The number of thiazole rings is 1. The van der Waals surface area contributed by atoms with Crippen molar-refractivity contribution < 1.29 is 9.53 Å². The van der Waals surface area contributed by atoms with Crippen LogP contribution in [0.25, 0.3) is 21.1 Å². The van der Waals surface area contributed by atoms with Crippen molar-refractivity contribution in [3.63, 3.8) is 0 Å². The van der Waals surface area contributed by atoms with Gasteiger partial charge in [-0.2, -0.15) is 0 Å². The number of nitrogens with one attached hydrogen (secondary N) is 1. The molecule has 5 rings (SSSR count). The second-order valence-electron chi connectivity index (χ2n) is 7.93. The van der Waals surface area contributed by atoms with E-state index in [1.807, 2.05) is 55.6 Å². The first-order valence-corrected chi connectivity index (χ1v) is 11.3. The van der Waals surface area contributed by atoms with Crippen LogP contribution < -0.4 is 15.0 Å². The molecule has 6 nitrogen and oxygen atoms in total. The van der Waals surface area contributed by atoms with Gasteiger partial charge in [0, 0.05) is 30.4 Å². The molecule has 1 atom stereocenters. The van der Waals surface area contributed by atoms with Crippen LogP contribution in [-0.2, 0) is 4.79 Å². The van der Waals surface area contributed by atoms with E-state index >= 15 is 0 Å². The molecule has 1 N–H and O–H groups in total. The molecule has 1 aliphatic heterocycles. The number of carbonyl (C=O) groups is 1. The van der Waals surface area contributed by atoms with Crippen LogP contribution in [-0.4, -0.2) is 36.1 Å². The molecule has 0 aliphatic carbocycles. The Morgan fingerprint density at radius 1 is 1.26 bits per heavy atom. The fourth-order valence-corrected chi connectivity index (χ4v) is 5.22. The number of anilines is 2. The minimum atomic E-state index is -0.0873. The molecule has 1 amide bonds. The summed E-state index contributed by atoms with van der Waals surface area (Å²) in [5.41, 5.74) is 4.11. The Hall–Kier alpha value is -3.19. The molecule has 3 heterocycles. The smallest absolute Gasteiger partial charge is 0.231 e. The summed E-state index contributed by atoms with van der Waals surface area (Å²) in [6.07, 6.45) is 3.67. The Morgan fingerprint density at radius 3 is 3.00 bits per heavy atom. The van der Waals surface area contributed by atoms with Crippen molar-refractivity contribution in [1.29, 1.82) is 0 Å². The van der Waals surface area contributed by atoms with Gasteiger partial charge < -0.3 is 15.0 Å². The summed E-state index contributed by atoms with van der Waals surface area (Å²) in [4.78, 5) is 24.5. The molecule has 2 aromatic carbocycles. The van der Waals surface area contributed by atoms with E-state index in [1.54, 1.807) is 7.11 Å². The molecule has 0 bridgehead atoms. The molecule has 1 aliphatic rings. The lowest BCUT2D eigenvalue weighted by Gasteiger charge is -2.34. The van der Waals surface area contributed by atoms with Crippen molar-refractivity contribution in [3.05, 3.63) is 54.2 Å². The Balaban J connectivity index is 1.37. The van der Waals surface area contributed by atoms with Crippen molar-refractivity contribution in [2.24, 2.45) is 5.92 Å². The van der Waals surface area contributed by atoms with Crippen LogP contribution in [0.4, 0.5) is 10.8 Å². The lowest BCUT2D eigenvalue weighted by molar-refractivity contribution is -0.120. The molecule has 1 fully saturated rings. The summed E-state index contributed by atoms with van der Waals surface area (Å²) in [5, 5.41) is 4.78. The highest BCUT2D eigenvalue weighted by Crippen LogP contribution is 2.33. The highest BCUT2D eigenvalue weighted by Gasteiger charge is 2.27. The second kappa shape index (κ2) is 8.15. The molecule has 31 heavy (non-hydrogen) atoms. The maximum absolute atomic E-state index is 13.1. The van der Waals surface area contributed by atoms with Crippen LogP contribution in [0.5, 0.6) is 5.75 Å². The van der Waals surface area contributed by atoms with Crippen molar-refractivity contribution in [3.8, 4) is 5.75 Å². The molecule has 1 saturated heterocycles. The monoisotopic (exact) mass is 432 g/mol. The zero-order valence-electron chi connectivity index (χ0n) is 17.6. The number of aromatic nitrogens is 2. The molecule has 0 spiro atoms. The summed E-state index contributed by atoms with van der Waals surface area (Å²) in [5.74, 6) is 0.757. The molecule has 2 aromatic heterocycles. The second-order valence-corrected chi connectivity index (χ2v) is 8.96. The quantitative estimate of drug-likeness (QED) is 0.491. The average Bonchev–Trinajstić information content (AvgIpc) is 3.22. The number of fused-ring (bicyclic) bond motifs is 2. The number of aryl methyl sites for hydroxylation is 1. The van der Waals surface area contributed by atoms with Gasteiger partial charge in [-0.15, -0.1) is 0 Å². The van der Waals surface area contributed by atoms with Gasteiger partial charge in [-0.1, -0.05) is 23.5 Å². The first-order valence-electron chi connectivity index (χ1n) is 10.5. The maximum Gasteiger partial charge on any atom is 0.231 e. The molecular formula is C24H24N4O2S. The Morgan fingerprint density at radius 2 is 2.16 bits per heavy atom. The number of amides is 1. The van der Waals surface area contributed by atoms with Crippen molar-refractivity contribution in [1.82, 2.24) is 9.97 Å². The number of nitrogens with zero attached hydrogens (tertiary/aromatic N) is 3. The third-order valence-electron chi connectivity index (χ3n) is 5.91. The van der Waals surface area contributed by atoms with E-state index in [9.17, 15) is 4.79 Å². The molecule has 7 heteroatoms. The zero-order valence-corrected chi connectivity index (χ0v) is 18.4. The normalized spacial score (nSPS) is 16.6. The summed E-state index contributed by atoms with van der Waals surface area (Å²) >= 11 is 1.53. The SMILES string of the molecule is COc1ccc2nccc(N3CCCC(C(=O)Nc4nc5c(C)cccc5s4)C3)c2c1. The van der Waals surface area contributed by atoms with E-state index in [-0.39, 0.29) is 11.8 Å². The van der Waals surface area contributed by atoms with Gasteiger partial charge >= 0.3 is 0 Å². The van der Waals surface area contributed by atoms with Crippen LogP contribution >= 0.6 is 11.3 Å². The number of hydrogen-bond donors (Lipinski definition) is 1. The van der Waals surface area contributed by atoms with Gasteiger partial charge in [0.2, 0.25) is 5.91 Å². The predicted octanol–water partition coefficient (Wildman–Crippen LogP) is 5.02. The Kier molecular flexibility index (Phi) is 5.19. The van der Waals surface area contributed by atoms with Gasteiger partial charge in [-0.3, -0.25) is 9.78 Å². The first kappa shape index (κ1) is 19.8. The lowest BCUT2D eigenvalue weighted by Crippen LogP contribution is -2.40. The van der Waals surface area contributed by atoms with Gasteiger partial charge in [0.1, 0.15) is 5.75 Å². The van der Waals surface area contributed by atoms with Crippen LogP contribution in [0.2, 0.25) is 0 Å². The van der Waals surface area contributed by atoms with E-state index in [0.717, 1.165) is 57.5 Å². The molecule has 158 valence electrons. The van der Waals surface area contributed by atoms with Crippen LogP contribution in [0.3, 0.4) is 0 Å².